The molecule has 0 saturated heterocycles. The minimum atomic E-state index is 0.162. The van der Waals surface area contributed by atoms with E-state index in [0.717, 1.165) is 5.52 Å². The van der Waals surface area contributed by atoms with E-state index in [9.17, 15) is 5.11 Å². The minimum absolute atomic E-state index is 0.162. The normalized spacial score (nSPS) is 10.8. The number of para-hydroxylation sites is 1. The standard InChI is InChI=1S/C8H7ClN2O/c1-11-5-3-2-4-6(12)7(5)10-8(11)9/h2-4,12H,1H3. The van der Waals surface area contributed by atoms with Gasteiger partial charge < -0.3 is 9.67 Å². The highest BCUT2D eigenvalue weighted by Crippen LogP contribution is 2.25. The Balaban J connectivity index is 2.95. The van der Waals surface area contributed by atoms with Crippen molar-refractivity contribution in [3.8, 4) is 5.75 Å². The maximum atomic E-state index is 9.37. The number of fused-ring (bicyclic) bond motifs is 1. The summed E-state index contributed by atoms with van der Waals surface area (Å²) in [5.74, 6) is 0.162. The third kappa shape index (κ3) is 0.865. The van der Waals surface area contributed by atoms with E-state index < -0.39 is 0 Å². The Hall–Kier alpha value is -1.22. The van der Waals surface area contributed by atoms with Crippen molar-refractivity contribution in [1.82, 2.24) is 9.55 Å². The fraction of sp³-hybridized carbons (Fsp3) is 0.125. The SMILES string of the molecule is Cn1c(Cl)nc2c(O)cccc21. The lowest BCUT2D eigenvalue weighted by molar-refractivity contribution is 0.480. The van der Waals surface area contributed by atoms with Gasteiger partial charge in [0, 0.05) is 7.05 Å². The molecule has 1 aromatic heterocycles. The van der Waals surface area contributed by atoms with E-state index in [-0.39, 0.29) is 5.75 Å². The van der Waals surface area contributed by atoms with Crippen molar-refractivity contribution in [2.24, 2.45) is 7.05 Å². The maximum Gasteiger partial charge on any atom is 0.203 e. The van der Waals surface area contributed by atoms with Gasteiger partial charge in [0.2, 0.25) is 5.28 Å². The second-order valence-corrected chi connectivity index (χ2v) is 2.92. The van der Waals surface area contributed by atoms with Crippen LogP contribution in [-0.2, 0) is 7.05 Å². The number of aromatic nitrogens is 2. The lowest BCUT2D eigenvalue weighted by Gasteiger charge is -1.94. The second kappa shape index (κ2) is 2.38. The molecule has 0 saturated carbocycles. The highest BCUT2D eigenvalue weighted by atomic mass is 35.5. The molecule has 0 aliphatic carbocycles. The van der Waals surface area contributed by atoms with Gasteiger partial charge in [-0.1, -0.05) is 6.07 Å². The number of hydrogen-bond donors (Lipinski definition) is 1. The molecule has 0 aliphatic heterocycles. The summed E-state index contributed by atoms with van der Waals surface area (Å²) in [5, 5.41) is 9.76. The van der Waals surface area contributed by atoms with Crippen molar-refractivity contribution in [3.05, 3.63) is 23.5 Å². The number of nitrogens with zero attached hydrogens (tertiary/aromatic N) is 2. The van der Waals surface area contributed by atoms with Crippen LogP contribution in [0, 0.1) is 0 Å². The van der Waals surface area contributed by atoms with Gasteiger partial charge in [0.1, 0.15) is 11.3 Å². The fourth-order valence-corrected chi connectivity index (χ4v) is 1.35. The highest BCUT2D eigenvalue weighted by Gasteiger charge is 2.07. The molecule has 0 atom stereocenters. The van der Waals surface area contributed by atoms with Crippen LogP contribution in [0.3, 0.4) is 0 Å². The number of phenolic OH excluding ortho intramolecular Hbond substituents is 1. The van der Waals surface area contributed by atoms with Gasteiger partial charge in [0.15, 0.2) is 0 Å². The monoisotopic (exact) mass is 182 g/mol. The van der Waals surface area contributed by atoms with Crippen LogP contribution in [0.2, 0.25) is 5.28 Å². The number of halogens is 1. The molecule has 1 aromatic carbocycles. The van der Waals surface area contributed by atoms with E-state index in [0.29, 0.717) is 10.8 Å². The predicted molar refractivity (Wildman–Crippen MR) is 47.4 cm³/mol. The summed E-state index contributed by atoms with van der Waals surface area (Å²) >= 11 is 5.76. The first kappa shape index (κ1) is 7.43. The van der Waals surface area contributed by atoms with Crippen LogP contribution < -0.4 is 0 Å². The van der Waals surface area contributed by atoms with Crippen molar-refractivity contribution in [1.29, 1.82) is 0 Å². The van der Waals surface area contributed by atoms with Crippen LogP contribution in [0.4, 0.5) is 0 Å². The summed E-state index contributed by atoms with van der Waals surface area (Å²) in [5.41, 5.74) is 1.38. The third-order valence-electron chi connectivity index (χ3n) is 1.84. The zero-order valence-corrected chi connectivity index (χ0v) is 7.21. The molecule has 1 heterocycles. The summed E-state index contributed by atoms with van der Waals surface area (Å²) in [6.45, 7) is 0. The molecule has 62 valence electrons. The maximum absolute atomic E-state index is 9.37. The highest BCUT2D eigenvalue weighted by molar-refractivity contribution is 6.29. The molecule has 0 fully saturated rings. The molecule has 3 nitrogen and oxygen atoms in total. The van der Waals surface area contributed by atoms with Crippen molar-refractivity contribution in [3.63, 3.8) is 0 Å². The summed E-state index contributed by atoms with van der Waals surface area (Å²) in [7, 11) is 1.80. The van der Waals surface area contributed by atoms with Crippen molar-refractivity contribution < 1.29 is 5.11 Å². The first-order valence-electron chi connectivity index (χ1n) is 3.50. The molecule has 0 radical (unpaired) electrons. The van der Waals surface area contributed by atoms with Crippen LogP contribution in [0.5, 0.6) is 5.75 Å². The van der Waals surface area contributed by atoms with Gasteiger partial charge in [-0.25, -0.2) is 4.98 Å². The molecule has 0 aliphatic rings. The first-order valence-corrected chi connectivity index (χ1v) is 3.88. The fourth-order valence-electron chi connectivity index (χ4n) is 1.17. The Kier molecular flexibility index (Phi) is 1.48. The molecule has 2 aromatic rings. The predicted octanol–water partition coefficient (Wildman–Crippen LogP) is 1.93. The number of imidazole rings is 1. The Morgan fingerprint density at radius 1 is 1.50 bits per heavy atom. The molecule has 0 bridgehead atoms. The van der Waals surface area contributed by atoms with Gasteiger partial charge in [0.05, 0.1) is 5.52 Å². The van der Waals surface area contributed by atoms with Gasteiger partial charge in [-0.05, 0) is 23.7 Å². The molecule has 4 heteroatoms. The van der Waals surface area contributed by atoms with E-state index in [1.54, 1.807) is 23.7 Å². The first-order chi connectivity index (χ1) is 5.70. The van der Waals surface area contributed by atoms with Crippen molar-refractivity contribution >= 4 is 22.6 Å². The van der Waals surface area contributed by atoms with E-state index in [2.05, 4.69) is 4.98 Å². The Morgan fingerprint density at radius 3 is 2.92 bits per heavy atom. The number of aromatic hydroxyl groups is 1. The van der Waals surface area contributed by atoms with Crippen LogP contribution in [0.1, 0.15) is 0 Å². The lowest BCUT2D eigenvalue weighted by Crippen LogP contribution is -1.85. The molecular weight excluding hydrogens is 176 g/mol. The van der Waals surface area contributed by atoms with E-state index in [1.165, 1.54) is 0 Å². The lowest BCUT2D eigenvalue weighted by atomic mass is 10.3. The number of aryl methyl sites for hydroxylation is 1. The van der Waals surface area contributed by atoms with Crippen LogP contribution in [0.15, 0.2) is 18.2 Å². The van der Waals surface area contributed by atoms with Gasteiger partial charge in [-0.3, -0.25) is 0 Å². The summed E-state index contributed by atoms with van der Waals surface area (Å²) in [4.78, 5) is 3.99. The molecule has 0 spiro atoms. The van der Waals surface area contributed by atoms with Crippen LogP contribution >= 0.6 is 11.6 Å². The average molecular weight is 183 g/mol. The van der Waals surface area contributed by atoms with E-state index in [4.69, 9.17) is 11.6 Å². The van der Waals surface area contributed by atoms with E-state index >= 15 is 0 Å². The van der Waals surface area contributed by atoms with Crippen LogP contribution in [-0.4, -0.2) is 14.7 Å². The number of hydrogen-bond acceptors (Lipinski definition) is 2. The quantitative estimate of drug-likeness (QED) is 0.676. The van der Waals surface area contributed by atoms with Gasteiger partial charge in [-0.2, -0.15) is 0 Å². The van der Waals surface area contributed by atoms with Gasteiger partial charge in [-0.15, -0.1) is 0 Å². The molecule has 2 rings (SSSR count). The van der Waals surface area contributed by atoms with Crippen molar-refractivity contribution in [2.75, 3.05) is 0 Å². The summed E-state index contributed by atoms with van der Waals surface area (Å²) < 4.78 is 1.72. The largest absolute Gasteiger partial charge is 0.506 e. The third-order valence-corrected chi connectivity index (χ3v) is 2.17. The van der Waals surface area contributed by atoms with Crippen molar-refractivity contribution in [2.45, 2.75) is 0 Å². The zero-order chi connectivity index (χ0) is 8.72. The van der Waals surface area contributed by atoms with Gasteiger partial charge >= 0.3 is 0 Å². The molecule has 0 amide bonds. The van der Waals surface area contributed by atoms with E-state index in [1.807, 2.05) is 6.07 Å². The topological polar surface area (TPSA) is 38.0 Å². The molecule has 12 heavy (non-hydrogen) atoms. The second-order valence-electron chi connectivity index (χ2n) is 2.58. The Labute approximate surface area is 74.2 Å². The van der Waals surface area contributed by atoms with Crippen LogP contribution in [0.25, 0.3) is 11.0 Å². The molecule has 0 unspecified atom stereocenters. The summed E-state index contributed by atoms with van der Waals surface area (Å²) in [6.07, 6.45) is 0. The number of phenols is 1. The molecular formula is C8H7ClN2O. The summed E-state index contributed by atoms with van der Waals surface area (Å²) in [6, 6.07) is 5.20. The Bertz CT molecular complexity index is 436. The van der Waals surface area contributed by atoms with Gasteiger partial charge in [0.25, 0.3) is 0 Å². The zero-order valence-electron chi connectivity index (χ0n) is 6.45. The Morgan fingerprint density at radius 2 is 2.25 bits per heavy atom. The molecule has 1 N–H and O–H groups in total. The average Bonchev–Trinajstić information content (AvgIpc) is 2.32. The smallest absolute Gasteiger partial charge is 0.203 e. The number of benzene rings is 1. The number of rotatable bonds is 0. The minimum Gasteiger partial charge on any atom is -0.506 e.